The molecular weight excluding hydrogens is 297 g/mol. The van der Waals surface area contributed by atoms with E-state index in [0.29, 0.717) is 16.7 Å². The summed E-state index contributed by atoms with van der Waals surface area (Å²) in [5.41, 5.74) is 2.02. The second kappa shape index (κ2) is 7.04. The first-order valence-electron chi connectivity index (χ1n) is 6.82. The molecule has 22 heavy (non-hydrogen) atoms. The van der Waals surface area contributed by atoms with Gasteiger partial charge in [0.25, 0.3) is 0 Å². The van der Waals surface area contributed by atoms with Crippen LogP contribution in [0, 0.1) is 5.82 Å². The van der Waals surface area contributed by atoms with Crippen molar-refractivity contribution < 1.29 is 4.39 Å². The number of hydrogen-bond donors (Lipinski definition) is 1. The fourth-order valence-corrected chi connectivity index (χ4v) is 2.66. The topological polar surface area (TPSA) is 41.6 Å². The molecule has 5 heteroatoms. The number of hydrogen-bond acceptors (Lipinski definition) is 3. The number of H-pyrrole nitrogens is 1. The summed E-state index contributed by atoms with van der Waals surface area (Å²) < 4.78 is 13.1. The predicted molar refractivity (Wildman–Crippen MR) is 87.7 cm³/mol. The number of nitrogens with one attached hydrogen (secondary N) is 1. The van der Waals surface area contributed by atoms with Crippen molar-refractivity contribution in [1.82, 2.24) is 15.2 Å². The van der Waals surface area contributed by atoms with E-state index in [0.717, 1.165) is 11.1 Å². The second-order valence-electron chi connectivity index (χ2n) is 4.67. The molecule has 1 aromatic heterocycles. The molecule has 0 saturated carbocycles. The lowest BCUT2D eigenvalue weighted by Gasteiger charge is -1.97. The Kier molecular flexibility index (Phi) is 4.65. The van der Waals surface area contributed by atoms with Crippen molar-refractivity contribution in [2.75, 3.05) is 0 Å². The zero-order valence-electron chi connectivity index (χ0n) is 11.7. The summed E-state index contributed by atoms with van der Waals surface area (Å²) in [6.07, 6.45) is 3.86. The third-order valence-electron chi connectivity index (χ3n) is 2.97. The summed E-state index contributed by atoms with van der Waals surface area (Å²) in [4.78, 5) is 4.38. The van der Waals surface area contributed by atoms with Gasteiger partial charge in [0.2, 0.25) is 5.16 Å². The van der Waals surface area contributed by atoms with Crippen LogP contribution < -0.4 is 0 Å². The van der Waals surface area contributed by atoms with Crippen LogP contribution in [0.25, 0.3) is 12.2 Å². The molecule has 0 aliphatic rings. The van der Waals surface area contributed by atoms with E-state index >= 15 is 0 Å². The first-order valence-corrected chi connectivity index (χ1v) is 7.81. The highest BCUT2D eigenvalue weighted by atomic mass is 32.2. The summed E-state index contributed by atoms with van der Waals surface area (Å²) in [5, 5.41) is 7.68. The van der Waals surface area contributed by atoms with Gasteiger partial charge in [0.05, 0.1) is 0 Å². The van der Waals surface area contributed by atoms with Gasteiger partial charge in [-0.15, -0.1) is 5.10 Å². The molecule has 0 atom stereocenters. The largest absolute Gasteiger partial charge is 0.259 e. The SMILES string of the molecule is Fc1cccc(CSc2n[nH]c(/C=C/c3ccccc3)n2)c1. The first kappa shape index (κ1) is 14.5. The molecule has 0 radical (unpaired) electrons. The van der Waals surface area contributed by atoms with Crippen molar-refractivity contribution in [3.63, 3.8) is 0 Å². The zero-order valence-corrected chi connectivity index (χ0v) is 12.6. The Morgan fingerprint density at radius 1 is 1.05 bits per heavy atom. The van der Waals surface area contributed by atoms with Crippen LogP contribution in [0.5, 0.6) is 0 Å². The number of benzene rings is 2. The Labute approximate surface area is 132 Å². The lowest BCUT2D eigenvalue weighted by molar-refractivity contribution is 0.626. The molecule has 2 aromatic carbocycles. The van der Waals surface area contributed by atoms with Gasteiger partial charge < -0.3 is 0 Å². The van der Waals surface area contributed by atoms with E-state index in [1.165, 1.54) is 23.9 Å². The van der Waals surface area contributed by atoms with Crippen molar-refractivity contribution in [1.29, 1.82) is 0 Å². The van der Waals surface area contributed by atoms with E-state index in [1.807, 2.05) is 48.6 Å². The molecule has 0 fully saturated rings. The van der Waals surface area contributed by atoms with E-state index < -0.39 is 0 Å². The zero-order chi connectivity index (χ0) is 15.2. The van der Waals surface area contributed by atoms with Gasteiger partial charge in [-0.25, -0.2) is 9.37 Å². The molecule has 3 aromatic rings. The van der Waals surface area contributed by atoms with Crippen LogP contribution in [-0.4, -0.2) is 15.2 Å². The third-order valence-corrected chi connectivity index (χ3v) is 3.89. The number of aromatic amines is 1. The van der Waals surface area contributed by atoms with Crippen LogP contribution in [0.3, 0.4) is 0 Å². The van der Waals surface area contributed by atoms with Crippen molar-refractivity contribution in [2.24, 2.45) is 0 Å². The Hall–Kier alpha value is -2.40. The fourth-order valence-electron chi connectivity index (χ4n) is 1.91. The summed E-state index contributed by atoms with van der Waals surface area (Å²) in [6, 6.07) is 16.5. The smallest absolute Gasteiger partial charge is 0.209 e. The van der Waals surface area contributed by atoms with Crippen molar-refractivity contribution in [3.8, 4) is 0 Å². The minimum atomic E-state index is -0.223. The molecule has 0 aliphatic carbocycles. The molecule has 0 spiro atoms. The van der Waals surface area contributed by atoms with E-state index in [-0.39, 0.29) is 5.82 Å². The quantitative estimate of drug-likeness (QED) is 0.710. The van der Waals surface area contributed by atoms with Gasteiger partial charge in [-0.3, -0.25) is 5.10 Å². The molecule has 1 heterocycles. The molecule has 0 amide bonds. The molecule has 3 nitrogen and oxygen atoms in total. The van der Waals surface area contributed by atoms with Crippen molar-refractivity contribution in [2.45, 2.75) is 10.9 Å². The molecule has 1 N–H and O–H groups in total. The van der Waals surface area contributed by atoms with Crippen LogP contribution in [0.2, 0.25) is 0 Å². The number of thioether (sulfide) groups is 1. The van der Waals surface area contributed by atoms with Gasteiger partial charge in [-0.05, 0) is 29.3 Å². The van der Waals surface area contributed by atoms with E-state index in [9.17, 15) is 4.39 Å². The number of rotatable bonds is 5. The maximum absolute atomic E-state index is 13.1. The van der Waals surface area contributed by atoms with Crippen LogP contribution in [-0.2, 0) is 5.75 Å². The first-order chi connectivity index (χ1) is 10.8. The highest BCUT2D eigenvalue weighted by Crippen LogP contribution is 2.19. The number of nitrogens with zero attached hydrogens (tertiary/aromatic N) is 2. The standard InChI is InChI=1S/C17H14FN3S/c18-15-8-4-7-14(11-15)12-22-17-19-16(20-21-17)10-9-13-5-2-1-3-6-13/h1-11H,12H2,(H,19,20,21)/b10-9+. The number of halogens is 1. The van der Waals surface area contributed by atoms with E-state index in [4.69, 9.17) is 0 Å². The highest BCUT2D eigenvalue weighted by molar-refractivity contribution is 7.98. The highest BCUT2D eigenvalue weighted by Gasteiger charge is 2.03. The molecule has 110 valence electrons. The molecule has 3 rings (SSSR count). The minimum Gasteiger partial charge on any atom is -0.259 e. The summed E-state index contributed by atoms with van der Waals surface area (Å²) >= 11 is 1.47. The van der Waals surface area contributed by atoms with Crippen molar-refractivity contribution >= 4 is 23.9 Å². The lowest BCUT2D eigenvalue weighted by Crippen LogP contribution is -1.83. The van der Waals surface area contributed by atoms with Gasteiger partial charge in [0, 0.05) is 5.75 Å². The van der Waals surface area contributed by atoms with Gasteiger partial charge >= 0.3 is 0 Å². The summed E-state index contributed by atoms with van der Waals surface area (Å²) in [6.45, 7) is 0. The molecular formula is C17H14FN3S. The van der Waals surface area contributed by atoms with Crippen molar-refractivity contribution in [3.05, 3.63) is 77.4 Å². The number of aromatic nitrogens is 3. The maximum atomic E-state index is 13.1. The van der Waals surface area contributed by atoms with E-state index in [1.54, 1.807) is 6.07 Å². The molecule has 0 unspecified atom stereocenters. The van der Waals surface area contributed by atoms with Crippen LogP contribution in [0.4, 0.5) is 4.39 Å². The van der Waals surface area contributed by atoms with Gasteiger partial charge in [0.15, 0.2) is 0 Å². The van der Waals surface area contributed by atoms with Crippen LogP contribution >= 0.6 is 11.8 Å². The molecule has 0 saturated heterocycles. The second-order valence-corrected chi connectivity index (χ2v) is 5.61. The summed E-state index contributed by atoms with van der Waals surface area (Å²) in [5.74, 6) is 1.11. The average Bonchev–Trinajstić information content (AvgIpc) is 3.00. The van der Waals surface area contributed by atoms with Gasteiger partial charge in [-0.2, -0.15) is 0 Å². The van der Waals surface area contributed by atoms with Gasteiger partial charge in [-0.1, -0.05) is 60.3 Å². The molecule has 0 aliphatic heterocycles. The normalized spacial score (nSPS) is 11.1. The third kappa shape index (κ3) is 4.05. The minimum absolute atomic E-state index is 0.223. The van der Waals surface area contributed by atoms with Crippen LogP contribution in [0.15, 0.2) is 59.8 Å². The Bertz CT molecular complexity index is 768. The average molecular weight is 311 g/mol. The predicted octanol–water partition coefficient (Wildman–Crippen LogP) is 4.41. The van der Waals surface area contributed by atoms with E-state index in [2.05, 4.69) is 15.2 Å². The Morgan fingerprint density at radius 2 is 1.91 bits per heavy atom. The fraction of sp³-hybridized carbons (Fsp3) is 0.0588. The summed E-state index contributed by atoms with van der Waals surface area (Å²) in [7, 11) is 0. The monoisotopic (exact) mass is 311 g/mol. The Balaban J connectivity index is 1.60. The Morgan fingerprint density at radius 3 is 2.73 bits per heavy atom. The van der Waals surface area contributed by atoms with Crippen LogP contribution in [0.1, 0.15) is 17.0 Å². The maximum Gasteiger partial charge on any atom is 0.209 e. The molecule has 0 bridgehead atoms. The van der Waals surface area contributed by atoms with Gasteiger partial charge in [0.1, 0.15) is 11.6 Å². The lowest BCUT2D eigenvalue weighted by atomic mass is 10.2.